The lowest BCUT2D eigenvalue weighted by Crippen LogP contribution is -2.34. The summed E-state index contributed by atoms with van der Waals surface area (Å²) in [6.45, 7) is 4.17. The fraction of sp³-hybridized carbons (Fsp3) is 0.538. The largest absolute Gasteiger partial charge is 0.398 e. The topological polar surface area (TPSA) is 84.7 Å². The predicted octanol–water partition coefficient (Wildman–Crippen LogP) is 0.434. The van der Waals surface area contributed by atoms with Gasteiger partial charge in [-0.1, -0.05) is 6.07 Å². The van der Waals surface area contributed by atoms with E-state index in [1.807, 2.05) is 18.9 Å². The molecule has 0 fully saturated rings. The lowest BCUT2D eigenvalue weighted by atomic mass is 10.2. The second-order valence-corrected chi connectivity index (χ2v) is 6.47. The van der Waals surface area contributed by atoms with Gasteiger partial charge in [0.25, 0.3) is 0 Å². The zero-order chi connectivity index (χ0) is 15.2. The van der Waals surface area contributed by atoms with Gasteiger partial charge >= 0.3 is 0 Å². The summed E-state index contributed by atoms with van der Waals surface area (Å²) >= 11 is 0. The molecule has 0 saturated carbocycles. The van der Waals surface area contributed by atoms with E-state index in [4.69, 9.17) is 10.5 Å². The van der Waals surface area contributed by atoms with Crippen molar-refractivity contribution in [2.75, 3.05) is 46.1 Å². The van der Waals surface area contributed by atoms with Gasteiger partial charge in [0, 0.05) is 26.7 Å². The Morgan fingerprint density at radius 3 is 2.65 bits per heavy atom. The van der Waals surface area contributed by atoms with Gasteiger partial charge in [-0.3, -0.25) is 0 Å². The number of nitrogens with two attached hydrogens (primary N) is 1. The summed E-state index contributed by atoms with van der Waals surface area (Å²) in [5, 5.41) is 0. The van der Waals surface area contributed by atoms with Crippen molar-refractivity contribution in [1.29, 1.82) is 0 Å². The van der Waals surface area contributed by atoms with E-state index in [-0.39, 0.29) is 10.6 Å². The highest BCUT2D eigenvalue weighted by molar-refractivity contribution is 7.89. The fourth-order valence-electron chi connectivity index (χ4n) is 1.72. The third kappa shape index (κ3) is 5.09. The van der Waals surface area contributed by atoms with Gasteiger partial charge in [-0.25, -0.2) is 13.1 Å². The Morgan fingerprint density at radius 2 is 2.05 bits per heavy atom. The second-order valence-electron chi connectivity index (χ2n) is 4.74. The lowest BCUT2D eigenvalue weighted by molar-refractivity contribution is 0.162. The summed E-state index contributed by atoms with van der Waals surface area (Å²) in [6, 6.07) is 4.91. The molecule has 0 radical (unpaired) electrons. The first-order valence-corrected chi connectivity index (χ1v) is 7.88. The van der Waals surface area contributed by atoms with Crippen molar-refractivity contribution in [1.82, 2.24) is 9.62 Å². The van der Waals surface area contributed by atoms with Crippen molar-refractivity contribution in [3.63, 3.8) is 0 Å². The molecular weight excluding hydrogens is 278 g/mol. The van der Waals surface area contributed by atoms with Crippen molar-refractivity contribution < 1.29 is 13.2 Å². The van der Waals surface area contributed by atoms with E-state index in [1.54, 1.807) is 19.2 Å². The van der Waals surface area contributed by atoms with E-state index in [0.717, 1.165) is 12.1 Å². The summed E-state index contributed by atoms with van der Waals surface area (Å²) in [6.07, 6.45) is 0. The second kappa shape index (κ2) is 7.58. The third-order valence-corrected chi connectivity index (χ3v) is 4.45. The first kappa shape index (κ1) is 16.9. The van der Waals surface area contributed by atoms with Crippen LogP contribution >= 0.6 is 0 Å². The summed E-state index contributed by atoms with van der Waals surface area (Å²) in [5.41, 5.74) is 6.96. The molecule has 114 valence electrons. The van der Waals surface area contributed by atoms with Gasteiger partial charge in [-0.2, -0.15) is 0 Å². The highest BCUT2D eigenvalue weighted by Gasteiger charge is 2.16. The average molecular weight is 301 g/mol. The minimum Gasteiger partial charge on any atom is -0.398 e. The number of ether oxygens (including phenoxy) is 1. The van der Waals surface area contributed by atoms with E-state index < -0.39 is 10.0 Å². The summed E-state index contributed by atoms with van der Waals surface area (Å²) in [7, 11) is -0.0109. The number of benzene rings is 1. The number of hydrogen-bond acceptors (Lipinski definition) is 5. The highest BCUT2D eigenvalue weighted by atomic mass is 32.2. The molecule has 0 bridgehead atoms. The molecule has 1 aromatic rings. The van der Waals surface area contributed by atoms with Crippen LogP contribution in [-0.4, -0.2) is 53.7 Å². The number of sulfonamides is 1. The van der Waals surface area contributed by atoms with Gasteiger partial charge in [0.2, 0.25) is 10.0 Å². The Bertz CT molecular complexity index is 532. The van der Waals surface area contributed by atoms with Gasteiger partial charge in [0.05, 0.1) is 12.3 Å². The summed E-state index contributed by atoms with van der Waals surface area (Å²) in [5.74, 6) is 0. The SMILES string of the molecule is COCCN(C)CCNS(=O)(=O)c1ccc(C)cc1N. The van der Waals surface area contributed by atoms with Crippen molar-refractivity contribution >= 4 is 15.7 Å². The smallest absolute Gasteiger partial charge is 0.242 e. The molecule has 0 aliphatic heterocycles. The Balaban J connectivity index is 2.58. The monoisotopic (exact) mass is 301 g/mol. The quantitative estimate of drug-likeness (QED) is 0.680. The number of nitrogens with one attached hydrogen (secondary N) is 1. The Labute approximate surface area is 121 Å². The molecule has 1 rings (SSSR count). The number of anilines is 1. The first-order chi connectivity index (χ1) is 9.36. The Kier molecular flexibility index (Phi) is 6.41. The van der Waals surface area contributed by atoms with Gasteiger partial charge in [0.1, 0.15) is 4.90 Å². The Hall–Kier alpha value is -1.15. The molecule has 0 aromatic heterocycles. The molecule has 7 heteroatoms. The molecule has 0 spiro atoms. The maximum absolute atomic E-state index is 12.1. The van der Waals surface area contributed by atoms with Crippen molar-refractivity contribution in [2.24, 2.45) is 0 Å². The fourth-order valence-corrected chi connectivity index (χ4v) is 2.85. The van der Waals surface area contributed by atoms with Crippen LogP contribution in [-0.2, 0) is 14.8 Å². The number of hydrogen-bond donors (Lipinski definition) is 2. The van der Waals surface area contributed by atoms with Gasteiger partial charge in [0.15, 0.2) is 0 Å². The maximum atomic E-state index is 12.1. The van der Waals surface area contributed by atoms with Crippen LogP contribution in [0.2, 0.25) is 0 Å². The zero-order valence-electron chi connectivity index (χ0n) is 12.2. The first-order valence-electron chi connectivity index (χ1n) is 6.40. The molecule has 0 amide bonds. The molecule has 0 aliphatic rings. The molecule has 6 nitrogen and oxygen atoms in total. The van der Waals surface area contributed by atoms with Gasteiger partial charge in [-0.15, -0.1) is 0 Å². The minimum atomic E-state index is -3.56. The molecular formula is C13H23N3O3S. The summed E-state index contributed by atoms with van der Waals surface area (Å²) < 4.78 is 31.8. The number of nitrogen functional groups attached to an aromatic ring is 1. The number of rotatable bonds is 8. The number of nitrogens with zero attached hydrogens (tertiary/aromatic N) is 1. The molecule has 0 aliphatic carbocycles. The number of aryl methyl sites for hydroxylation is 1. The van der Waals surface area contributed by atoms with Crippen LogP contribution in [0.4, 0.5) is 5.69 Å². The molecule has 1 aromatic carbocycles. The maximum Gasteiger partial charge on any atom is 0.242 e. The van der Waals surface area contributed by atoms with Gasteiger partial charge < -0.3 is 15.4 Å². The van der Waals surface area contributed by atoms with E-state index >= 15 is 0 Å². The standard InChI is InChI=1S/C13H23N3O3S/c1-11-4-5-13(12(14)10-11)20(17,18)15-6-7-16(2)8-9-19-3/h4-5,10,15H,6-9,14H2,1-3H3. The molecule has 0 heterocycles. The van der Waals surface area contributed by atoms with E-state index in [1.165, 1.54) is 6.07 Å². The molecule has 3 N–H and O–H groups in total. The van der Waals surface area contributed by atoms with Crippen molar-refractivity contribution in [3.05, 3.63) is 23.8 Å². The van der Waals surface area contributed by atoms with Crippen molar-refractivity contribution in [2.45, 2.75) is 11.8 Å². The van der Waals surface area contributed by atoms with Gasteiger partial charge in [-0.05, 0) is 31.7 Å². The zero-order valence-corrected chi connectivity index (χ0v) is 13.0. The van der Waals surface area contributed by atoms with E-state index in [9.17, 15) is 8.42 Å². The number of methoxy groups -OCH3 is 1. The van der Waals surface area contributed by atoms with Crippen LogP contribution < -0.4 is 10.5 Å². The molecule has 0 unspecified atom stereocenters. The minimum absolute atomic E-state index is 0.127. The third-order valence-electron chi connectivity index (χ3n) is 2.92. The van der Waals surface area contributed by atoms with Crippen LogP contribution in [0, 0.1) is 6.92 Å². The molecule has 0 saturated heterocycles. The highest BCUT2D eigenvalue weighted by Crippen LogP contribution is 2.18. The van der Waals surface area contributed by atoms with Crippen LogP contribution in [0.3, 0.4) is 0 Å². The van der Waals surface area contributed by atoms with E-state index in [0.29, 0.717) is 19.7 Å². The number of likely N-dealkylation sites (N-methyl/N-ethyl adjacent to an activating group) is 1. The van der Waals surface area contributed by atoms with E-state index in [2.05, 4.69) is 4.72 Å². The normalized spacial score (nSPS) is 12.0. The summed E-state index contributed by atoms with van der Waals surface area (Å²) in [4.78, 5) is 2.12. The predicted molar refractivity (Wildman–Crippen MR) is 80.2 cm³/mol. The van der Waals surface area contributed by atoms with Crippen LogP contribution in [0.5, 0.6) is 0 Å². The van der Waals surface area contributed by atoms with Crippen LogP contribution in [0.15, 0.2) is 23.1 Å². The molecule has 0 atom stereocenters. The van der Waals surface area contributed by atoms with Crippen LogP contribution in [0.25, 0.3) is 0 Å². The average Bonchev–Trinajstić information content (AvgIpc) is 2.35. The Morgan fingerprint density at radius 1 is 1.35 bits per heavy atom. The van der Waals surface area contributed by atoms with Crippen molar-refractivity contribution in [3.8, 4) is 0 Å². The molecule has 20 heavy (non-hydrogen) atoms. The van der Waals surface area contributed by atoms with Crippen LogP contribution in [0.1, 0.15) is 5.56 Å². The lowest BCUT2D eigenvalue weighted by Gasteiger charge is -2.16.